The summed E-state index contributed by atoms with van der Waals surface area (Å²) < 4.78 is 7.01. The number of hydrogen-bond acceptors (Lipinski definition) is 5. The number of nitrogens with zero attached hydrogens (tertiary/aromatic N) is 4. The van der Waals surface area contributed by atoms with Crippen molar-refractivity contribution in [3.05, 3.63) is 102 Å². The van der Waals surface area contributed by atoms with E-state index in [1.54, 1.807) is 24.3 Å². The molecular formula is C27H18N4O3. The third kappa shape index (κ3) is 3.49. The molecule has 0 saturated heterocycles. The minimum atomic E-state index is -0.946. The Bertz CT molecular complexity index is 1650. The van der Waals surface area contributed by atoms with Gasteiger partial charge in [0.25, 0.3) is 0 Å². The van der Waals surface area contributed by atoms with E-state index in [9.17, 15) is 9.90 Å². The number of carbonyl (C=O) groups is 1. The first-order chi connectivity index (χ1) is 16.7. The number of carboxylic acids is 1. The van der Waals surface area contributed by atoms with Gasteiger partial charge in [-0.15, -0.1) is 0 Å². The fraction of sp³-hybridized carbons (Fsp3) is 0.0370. The molecule has 7 nitrogen and oxygen atoms in total. The number of benzene rings is 3. The van der Waals surface area contributed by atoms with Crippen LogP contribution in [-0.2, 0) is 6.54 Å². The number of aromatic nitrogens is 4. The molecule has 164 valence electrons. The Kier molecular flexibility index (Phi) is 4.66. The first kappa shape index (κ1) is 19.9. The minimum Gasteiger partial charge on any atom is -0.478 e. The van der Waals surface area contributed by atoms with Gasteiger partial charge < -0.3 is 9.67 Å². The van der Waals surface area contributed by atoms with Gasteiger partial charge in [0, 0.05) is 35.5 Å². The molecule has 0 atom stereocenters. The SMILES string of the molecule is O=C(O)c1ccc(-c2cnc3c(c2)c(-c2ccc4nonc4c2)cn3Cc2ccccc2)cc1. The fourth-order valence-electron chi connectivity index (χ4n) is 4.21. The van der Waals surface area contributed by atoms with E-state index in [1.807, 2.05) is 42.6 Å². The predicted octanol–water partition coefficient (Wildman–Crippen LogP) is 5.65. The van der Waals surface area contributed by atoms with Crippen molar-refractivity contribution in [2.24, 2.45) is 0 Å². The van der Waals surface area contributed by atoms with Gasteiger partial charge >= 0.3 is 5.97 Å². The Morgan fingerprint density at radius 2 is 1.62 bits per heavy atom. The molecule has 0 radical (unpaired) electrons. The first-order valence-corrected chi connectivity index (χ1v) is 10.7. The molecule has 0 saturated carbocycles. The quantitative estimate of drug-likeness (QED) is 0.368. The van der Waals surface area contributed by atoms with E-state index in [0.29, 0.717) is 17.6 Å². The van der Waals surface area contributed by atoms with Crippen LogP contribution in [0.1, 0.15) is 15.9 Å². The lowest BCUT2D eigenvalue weighted by atomic mass is 10.0. The maximum Gasteiger partial charge on any atom is 0.335 e. The monoisotopic (exact) mass is 446 g/mol. The summed E-state index contributed by atoms with van der Waals surface area (Å²) in [5.74, 6) is -0.946. The van der Waals surface area contributed by atoms with Crippen molar-refractivity contribution in [3.63, 3.8) is 0 Å². The summed E-state index contributed by atoms with van der Waals surface area (Å²) in [6.07, 6.45) is 3.94. The van der Waals surface area contributed by atoms with Crippen LogP contribution in [0.2, 0.25) is 0 Å². The highest BCUT2D eigenvalue weighted by Gasteiger charge is 2.15. The second kappa shape index (κ2) is 7.97. The van der Waals surface area contributed by atoms with Crippen molar-refractivity contribution in [3.8, 4) is 22.3 Å². The molecule has 0 amide bonds. The molecule has 6 rings (SSSR count). The van der Waals surface area contributed by atoms with Gasteiger partial charge in [-0.05, 0) is 57.3 Å². The van der Waals surface area contributed by atoms with Crippen LogP contribution in [0.15, 0.2) is 95.9 Å². The van der Waals surface area contributed by atoms with Gasteiger partial charge in [-0.25, -0.2) is 14.4 Å². The van der Waals surface area contributed by atoms with Crippen LogP contribution < -0.4 is 0 Å². The lowest BCUT2D eigenvalue weighted by Crippen LogP contribution is -1.99. The molecule has 0 fully saturated rings. The third-order valence-corrected chi connectivity index (χ3v) is 5.94. The van der Waals surface area contributed by atoms with Crippen LogP contribution in [0.25, 0.3) is 44.3 Å². The van der Waals surface area contributed by atoms with E-state index < -0.39 is 5.97 Å². The van der Waals surface area contributed by atoms with Crippen molar-refractivity contribution in [1.29, 1.82) is 0 Å². The van der Waals surface area contributed by atoms with E-state index in [4.69, 9.17) is 9.61 Å². The molecule has 0 bridgehead atoms. The second-order valence-corrected chi connectivity index (χ2v) is 8.10. The zero-order valence-electron chi connectivity index (χ0n) is 17.9. The Morgan fingerprint density at radius 1 is 0.853 bits per heavy atom. The molecular weight excluding hydrogens is 428 g/mol. The molecule has 3 aromatic carbocycles. The lowest BCUT2D eigenvalue weighted by Gasteiger charge is -2.06. The summed E-state index contributed by atoms with van der Waals surface area (Å²) in [5, 5.41) is 18.1. The smallest absolute Gasteiger partial charge is 0.335 e. The molecule has 0 aliphatic carbocycles. The van der Waals surface area contributed by atoms with E-state index in [0.717, 1.165) is 33.3 Å². The van der Waals surface area contributed by atoms with Crippen LogP contribution >= 0.6 is 0 Å². The van der Waals surface area contributed by atoms with Crippen LogP contribution in [0, 0.1) is 0 Å². The molecule has 0 aliphatic rings. The van der Waals surface area contributed by atoms with Crippen molar-refractivity contribution in [1.82, 2.24) is 19.9 Å². The predicted molar refractivity (Wildman–Crippen MR) is 128 cm³/mol. The highest BCUT2D eigenvalue weighted by molar-refractivity contribution is 5.98. The number of carboxylic acid groups (broad SMARTS) is 1. The Morgan fingerprint density at radius 3 is 2.41 bits per heavy atom. The van der Waals surface area contributed by atoms with E-state index >= 15 is 0 Å². The summed E-state index contributed by atoms with van der Waals surface area (Å²) in [6, 6.07) is 25.0. The van der Waals surface area contributed by atoms with Crippen LogP contribution in [0.3, 0.4) is 0 Å². The molecule has 6 aromatic rings. The molecule has 1 N–H and O–H groups in total. The molecule has 34 heavy (non-hydrogen) atoms. The number of aromatic carboxylic acids is 1. The van der Waals surface area contributed by atoms with E-state index in [2.05, 4.69) is 39.3 Å². The van der Waals surface area contributed by atoms with Gasteiger partial charge in [0.1, 0.15) is 16.7 Å². The highest BCUT2D eigenvalue weighted by atomic mass is 16.6. The van der Waals surface area contributed by atoms with Gasteiger partial charge in [0.2, 0.25) is 0 Å². The average molecular weight is 446 g/mol. The van der Waals surface area contributed by atoms with Crippen molar-refractivity contribution in [2.45, 2.75) is 6.54 Å². The molecule has 7 heteroatoms. The number of fused-ring (bicyclic) bond motifs is 2. The summed E-state index contributed by atoms with van der Waals surface area (Å²) in [7, 11) is 0. The summed E-state index contributed by atoms with van der Waals surface area (Å²) in [5.41, 5.74) is 7.50. The Balaban J connectivity index is 1.51. The molecule has 0 unspecified atom stereocenters. The molecule has 3 aromatic heterocycles. The first-order valence-electron chi connectivity index (χ1n) is 10.7. The largest absolute Gasteiger partial charge is 0.478 e. The normalized spacial score (nSPS) is 11.3. The Labute approximate surface area is 193 Å². The Hall–Kier alpha value is -4.78. The summed E-state index contributed by atoms with van der Waals surface area (Å²) >= 11 is 0. The van der Waals surface area contributed by atoms with Crippen molar-refractivity contribution in [2.75, 3.05) is 0 Å². The van der Waals surface area contributed by atoms with E-state index in [-0.39, 0.29) is 5.56 Å². The van der Waals surface area contributed by atoms with Crippen LogP contribution in [0.5, 0.6) is 0 Å². The zero-order chi connectivity index (χ0) is 23.1. The zero-order valence-corrected chi connectivity index (χ0v) is 17.9. The number of rotatable bonds is 5. The van der Waals surface area contributed by atoms with Gasteiger partial charge in [-0.1, -0.05) is 48.5 Å². The average Bonchev–Trinajstić information content (AvgIpc) is 3.48. The molecule has 3 heterocycles. The topological polar surface area (TPSA) is 94.0 Å². The fourth-order valence-corrected chi connectivity index (χ4v) is 4.21. The van der Waals surface area contributed by atoms with Crippen molar-refractivity contribution >= 4 is 28.0 Å². The van der Waals surface area contributed by atoms with Gasteiger partial charge in [0.05, 0.1) is 5.56 Å². The summed E-state index contributed by atoms with van der Waals surface area (Å²) in [6.45, 7) is 0.685. The lowest BCUT2D eigenvalue weighted by molar-refractivity contribution is 0.0697. The van der Waals surface area contributed by atoms with Gasteiger partial charge in [-0.2, -0.15) is 0 Å². The maximum absolute atomic E-state index is 11.2. The number of pyridine rings is 1. The van der Waals surface area contributed by atoms with Gasteiger partial charge in [-0.3, -0.25) is 0 Å². The third-order valence-electron chi connectivity index (χ3n) is 5.94. The highest BCUT2D eigenvalue weighted by Crippen LogP contribution is 2.34. The van der Waals surface area contributed by atoms with E-state index in [1.165, 1.54) is 5.56 Å². The summed E-state index contributed by atoms with van der Waals surface area (Å²) in [4.78, 5) is 16.0. The molecule has 0 aliphatic heterocycles. The minimum absolute atomic E-state index is 0.252. The van der Waals surface area contributed by atoms with Gasteiger partial charge in [0.15, 0.2) is 0 Å². The van der Waals surface area contributed by atoms with Crippen LogP contribution in [0.4, 0.5) is 0 Å². The standard InChI is InChI=1S/C27H18N4O3/c32-27(33)19-8-6-18(7-9-19)21-12-22-23(20-10-11-24-25(13-20)30-34-29-24)16-31(26(22)28-14-21)15-17-4-2-1-3-5-17/h1-14,16H,15H2,(H,32,33). The maximum atomic E-state index is 11.2. The van der Waals surface area contributed by atoms with Crippen molar-refractivity contribution < 1.29 is 14.5 Å². The second-order valence-electron chi connectivity index (χ2n) is 8.10. The molecule has 0 spiro atoms. The van der Waals surface area contributed by atoms with Crippen LogP contribution in [-0.4, -0.2) is 30.9 Å². The number of hydrogen-bond donors (Lipinski definition) is 1.